The number of carbonyl (C=O) groups is 4. The second kappa shape index (κ2) is 13.3. The molecule has 0 aromatic rings. The first kappa shape index (κ1) is 26.1. The number of carboxylic acid groups (broad SMARTS) is 1. The molecule has 0 aromatic heterocycles. The van der Waals surface area contributed by atoms with Crippen LogP contribution in [-0.4, -0.2) is 65.3 Å². The molecule has 0 aliphatic carbocycles. The number of carbonyl (C=O) groups excluding carboxylic acids is 3. The maximum absolute atomic E-state index is 12.5. The number of amides is 3. The van der Waals surface area contributed by atoms with Crippen LogP contribution < -0.4 is 27.4 Å². The second-order valence-corrected chi connectivity index (χ2v) is 7.30. The van der Waals surface area contributed by atoms with E-state index in [-0.39, 0.29) is 11.7 Å². The highest BCUT2D eigenvalue weighted by Gasteiger charge is 2.29. The quantitative estimate of drug-likeness (QED) is 0.142. The molecule has 28 heavy (non-hydrogen) atoms. The van der Waals surface area contributed by atoms with Crippen molar-refractivity contribution in [3.8, 4) is 0 Å². The summed E-state index contributed by atoms with van der Waals surface area (Å²) in [5, 5.41) is 16.3. The van der Waals surface area contributed by atoms with Crippen molar-refractivity contribution in [2.75, 3.05) is 12.3 Å². The Bertz CT molecular complexity index is 546. The van der Waals surface area contributed by atoms with Crippen molar-refractivity contribution in [3.05, 3.63) is 0 Å². The normalized spacial score (nSPS) is 15.2. The maximum atomic E-state index is 12.5. The first-order valence-electron chi connectivity index (χ1n) is 9.25. The van der Waals surface area contributed by atoms with Gasteiger partial charge in [0.25, 0.3) is 0 Å². The van der Waals surface area contributed by atoms with Gasteiger partial charge in [-0.3, -0.25) is 14.4 Å². The number of nitrogens with two attached hydrogens (primary N) is 2. The van der Waals surface area contributed by atoms with Crippen molar-refractivity contribution in [1.82, 2.24) is 16.0 Å². The Morgan fingerprint density at radius 3 is 2.04 bits per heavy atom. The Kier molecular flexibility index (Phi) is 12.5. The van der Waals surface area contributed by atoms with E-state index in [9.17, 15) is 19.2 Å². The molecule has 3 amide bonds. The monoisotopic (exact) mass is 419 g/mol. The first-order chi connectivity index (χ1) is 13.0. The molecule has 162 valence electrons. The lowest BCUT2D eigenvalue weighted by Gasteiger charge is -2.25. The topological polar surface area (TPSA) is 177 Å². The van der Waals surface area contributed by atoms with E-state index in [1.807, 2.05) is 0 Å². The van der Waals surface area contributed by atoms with Gasteiger partial charge in [-0.05, 0) is 32.2 Å². The molecule has 0 spiro atoms. The van der Waals surface area contributed by atoms with Crippen molar-refractivity contribution in [1.29, 1.82) is 0 Å². The lowest BCUT2D eigenvalue weighted by atomic mass is 10.0. The van der Waals surface area contributed by atoms with E-state index in [4.69, 9.17) is 16.6 Å². The van der Waals surface area contributed by atoms with Gasteiger partial charge in [0, 0.05) is 5.75 Å². The molecule has 0 rings (SSSR count). The Balaban J connectivity index is 4.82. The smallest absolute Gasteiger partial charge is 0.327 e. The molecule has 0 aliphatic heterocycles. The number of hydrogen-bond donors (Lipinski definition) is 7. The fourth-order valence-corrected chi connectivity index (χ4v) is 2.53. The zero-order valence-electron chi connectivity index (χ0n) is 16.6. The van der Waals surface area contributed by atoms with Crippen LogP contribution in [0.3, 0.4) is 0 Å². The molecule has 10 nitrogen and oxygen atoms in total. The minimum Gasteiger partial charge on any atom is -0.480 e. The van der Waals surface area contributed by atoms with Crippen LogP contribution in [-0.2, 0) is 19.2 Å². The summed E-state index contributed by atoms with van der Waals surface area (Å²) in [7, 11) is 0. The number of aliphatic carboxylic acids is 1. The molecule has 0 aromatic carbocycles. The van der Waals surface area contributed by atoms with E-state index >= 15 is 0 Å². The van der Waals surface area contributed by atoms with Gasteiger partial charge in [-0.15, -0.1) is 0 Å². The highest BCUT2D eigenvalue weighted by molar-refractivity contribution is 7.80. The van der Waals surface area contributed by atoms with Gasteiger partial charge in [0.05, 0.1) is 6.04 Å². The maximum Gasteiger partial charge on any atom is 0.327 e. The Morgan fingerprint density at radius 1 is 0.964 bits per heavy atom. The zero-order valence-corrected chi connectivity index (χ0v) is 17.5. The van der Waals surface area contributed by atoms with Crippen LogP contribution in [0, 0.1) is 5.92 Å². The Morgan fingerprint density at radius 2 is 1.57 bits per heavy atom. The summed E-state index contributed by atoms with van der Waals surface area (Å²) in [6, 6.07) is -3.80. The SMILES string of the molecule is CC(NC(=O)C(NC(=O)C(N)CCCCN)C(C)C)C(=O)NC(CS)C(=O)O. The largest absolute Gasteiger partial charge is 0.480 e. The van der Waals surface area contributed by atoms with Crippen LogP contribution in [0.5, 0.6) is 0 Å². The molecule has 0 radical (unpaired) electrons. The van der Waals surface area contributed by atoms with Gasteiger partial charge in [0.15, 0.2) is 0 Å². The minimum atomic E-state index is -1.22. The summed E-state index contributed by atoms with van der Waals surface area (Å²) in [4.78, 5) is 47.8. The lowest BCUT2D eigenvalue weighted by molar-refractivity contribution is -0.141. The predicted molar refractivity (Wildman–Crippen MR) is 109 cm³/mol. The van der Waals surface area contributed by atoms with Gasteiger partial charge in [0.1, 0.15) is 18.1 Å². The third kappa shape index (κ3) is 9.38. The highest BCUT2D eigenvalue weighted by Crippen LogP contribution is 2.05. The third-order valence-corrected chi connectivity index (χ3v) is 4.47. The molecule has 0 heterocycles. The van der Waals surface area contributed by atoms with E-state index in [1.54, 1.807) is 13.8 Å². The Hall–Kier alpha value is -1.85. The average molecular weight is 420 g/mol. The number of rotatable bonds is 13. The van der Waals surface area contributed by atoms with E-state index < -0.39 is 47.9 Å². The van der Waals surface area contributed by atoms with E-state index in [2.05, 4.69) is 28.6 Å². The molecule has 0 saturated carbocycles. The number of carboxylic acids is 1. The van der Waals surface area contributed by atoms with E-state index in [0.29, 0.717) is 19.4 Å². The molecule has 11 heteroatoms. The number of unbranched alkanes of at least 4 members (excludes halogenated alkanes) is 1. The molecular formula is C17H33N5O5S. The summed E-state index contributed by atoms with van der Waals surface area (Å²) in [6.07, 6.45) is 1.91. The molecule has 0 bridgehead atoms. The van der Waals surface area contributed by atoms with Gasteiger partial charge >= 0.3 is 5.97 Å². The van der Waals surface area contributed by atoms with Crippen LogP contribution in [0.4, 0.5) is 0 Å². The molecule has 4 unspecified atom stereocenters. The van der Waals surface area contributed by atoms with Crippen LogP contribution in [0.15, 0.2) is 0 Å². The number of nitrogens with one attached hydrogen (secondary N) is 3. The second-order valence-electron chi connectivity index (χ2n) is 6.93. The molecule has 8 N–H and O–H groups in total. The molecule has 0 fully saturated rings. The first-order valence-corrected chi connectivity index (χ1v) is 9.88. The van der Waals surface area contributed by atoms with E-state index in [1.165, 1.54) is 6.92 Å². The molecule has 0 saturated heterocycles. The van der Waals surface area contributed by atoms with Gasteiger partial charge in [-0.25, -0.2) is 4.79 Å². The van der Waals surface area contributed by atoms with Gasteiger partial charge in [-0.2, -0.15) is 12.6 Å². The van der Waals surface area contributed by atoms with Crippen molar-refractivity contribution in [2.24, 2.45) is 17.4 Å². The highest BCUT2D eigenvalue weighted by atomic mass is 32.1. The summed E-state index contributed by atoms with van der Waals surface area (Å²) in [6.45, 7) is 5.43. The fourth-order valence-electron chi connectivity index (χ4n) is 2.29. The average Bonchev–Trinajstić information content (AvgIpc) is 2.62. The lowest BCUT2D eigenvalue weighted by Crippen LogP contribution is -2.57. The predicted octanol–water partition coefficient (Wildman–Crippen LogP) is -1.41. The fraction of sp³-hybridized carbons (Fsp3) is 0.765. The van der Waals surface area contributed by atoms with E-state index in [0.717, 1.165) is 6.42 Å². The summed E-state index contributed by atoms with van der Waals surface area (Å²) < 4.78 is 0. The molecule has 0 aliphatic rings. The minimum absolute atomic E-state index is 0.0888. The summed E-state index contributed by atoms with van der Waals surface area (Å²) >= 11 is 3.87. The van der Waals surface area contributed by atoms with Crippen LogP contribution in [0.1, 0.15) is 40.0 Å². The number of hydrogen-bond acceptors (Lipinski definition) is 7. The van der Waals surface area contributed by atoms with Gasteiger partial charge in [0.2, 0.25) is 17.7 Å². The molecular weight excluding hydrogens is 386 g/mol. The van der Waals surface area contributed by atoms with Crippen molar-refractivity contribution in [3.63, 3.8) is 0 Å². The summed E-state index contributed by atoms with van der Waals surface area (Å²) in [5.74, 6) is -3.24. The van der Waals surface area contributed by atoms with Crippen molar-refractivity contribution in [2.45, 2.75) is 64.2 Å². The number of thiol groups is 1. The van der Waals surface area contributed by atoms with Gasteiger partial charge < -0.3 is 32.5 Å². The molecule has 4 atom stereocenters. The van der Waals surface area contributed by atoms with Crippen LogP contribution in [0.25, 0.3) is 0 Å². The third-order valence-electron chi connectivity index (χ3n) is 4.10. The van der Waals surface area contributed by atoms with Crippen LogP contribution in [0.2, 0.25) is 0 Å². The van der Waals surface area contributed by atoms with Crippen molar-refractivity contribution >= 4 is 36.3 Å². The zero-order chi connectivity index (χ0) is 21.9. The Labute approximate surface area is 171 Å². The standard InChI is InChI=1S/C17H33N5O5S/c1-9(2)13(22-15(24)11(19)6-4-5-7-18)16(25)20-10(3)14(23)21-12(8-28)17(26)27/h9-13,28H,4-8,18-19H2,1-3H3,(H,20,25)(H,21,23)(H,22,24)(H,26,27). The van der Waals surface area contributed by atoms with Gasteiger partial charge in [-0.1, -0.05) is 20.3 Å². The van der Waals surface area contributed by atoms with Crippen LogP contribution >= 0.6 is 12.6 Å². The van der Waals surface area contributed by atoms with Crippen molar-refractivity contribution < 1.29 is 24.3 Å². The summed E-state index contributed by atoms with van der Waals surface area (Å²) in [5.41, 5.74) is 11.3.